The molecule has 0 bridgehead atoms. The van der Waals surface area contributed by atoms with Gasteiger partial charge in [0.25, 0.3) is 0 Å². The Kier molecular flexibility index (Phi) is 12.0. The zero-order valence-electron chi connectivity index (χ0n) is 28.5. The number of carboxylic acids is 1. The number of carbonyl (C=O) groups excluding carboxylic acids is 1. The van der Waals surface area contributed by atoms with Gasteiger partial charge in [-0.2, -0.15) is 4.89 Å². The second-order valence-corrected chi connectivity index (χ2v) is 13.1. The normalized spacial score (nSPS) is 25.7. The van der Waals surface area contributed by atoms with E-state index in [1.165, 1.54) is 0 Å². The van der Waals surface area contributed by atoms with Crippen molar-refractivity contribution in [2.45, 2.75) is 82.3 Å². The molecule has 0 aromatic heterocycles. The number of carboxylic acid groups (broad SMARTS) is 1. The van der Waals surface area contributed by atoms with E-state index in [-0.39, 0.29) is 51.6 Å². The smallest absolute Gasteiger partial charge is 0.317 e. The molecule has 16 heteroatoms. The number of hydrogen-bond acceptors (Lipinski definition) is 15. The maximum Gasteiger partial charge on any atom is 0.317 e. The highest BCUT2D eigenvalue weighted by atomic mass is 17.2. The first kappa shape index (κ1) is 36.9. The lowest BCUT2D eigenvalue weighted by atomic mass is 9.87. The number of carbonyl (C=O) groups is 2. The van der Waals surface area contributed by atoms with Crippen LogP contribution in [-0.2, 0) is 39.8 Å². The molecule has 6 rings (SSSR count). The third kappa shape index (κ3) is 8.43. The molecule has 4 aliphatic heterocycles. The number of esters is 1. The number of hydrogen-bond donors (Lipinski definition) is 4. The molecule has 0 aliphatic carbocycles. The second kappa shape index (κ2) is 16.6. The monoisotopic (exact) mass is 719 g/mol. The van der Waals surface area contributed by atoms with Gasteiger partial charge >= 0.3 is 11.9 Å². The highest BCUT2D eigenvalue weighted by Gasteiger charge is 2.49. The highest BCUT2D eigenvalue weighted by molar-refractivity contribution is 5.90. The topological polar surface area (TPSA) is 213 Å². The third-order valence-corrected chi connectivity index (χ3v) is 8.99. The molecule has 0 saturated carbocycles. The van der Waals surface area contributed by atoms with E-state index < -0.39 is 55.7 Å². The van der Waals surface area contributed by atoms with Crippen LogP contribution in [0.5, 0.6) is 28.7 Å². The van der Waals surface area contributed by atoms with Gasteiger partial charge in [0.2, 0.25) is 6.79 Å². The molecule has 16 nitrogen and oxygen atoms in total. The molecule has 4 aliphatic rings. The molecular weight excluding hydrogens is 674 g/mol. The maximum atomic E-state index is 12.0. The number of aliphatic carboxylic acids is 1. The standard InChI is InChI=1S/C35H45NO15/c1-18(2)4-5-19-10-20(11-22-31(19)45-15-23-21-12-25-26(47-17-46-25)13-24(21)48-32(22)23)50-51-34-30(41)33(42-8-3-7-37)27(49-35(34)43-9-6-36)16-44-29(40)14-28(38)39/h10-13,18,23,27,30,32-35,37,41H,3-9,14-17,36H2,1-2H3,(H,38,39). The van der Waals surface area contributed by atoms with Crippen LogP contribution >= 0.6 is 0 Å². The first-order valence-electron chi connectivity index (χ1n) is 17.1. The molecule has 0 spiro atoms. The predicted molar refractivity (Wildman–Crippen MR) is 174 cm³/mol. The van der Waals surface area contributed by atoms with Crippen LogP contribution in [0.4, 0.5) is 0 Å². The van der Waals surface area contributed by atoms with Crippen LogP contribution in [0.15, 0.2) is 24.3 Å². The summed E-state index contributed by atoms with van der Waals surface area (Å²) in [5, 5.41) is 29.8. The summed E-state index contributed by atoms with van der Waals surface area (Å²) in [5.41, 5.74) is 8.31. The van der Waals surface area contributed by atoms with Gasteiger partial charge in [0.1, 0.15) is 48.9 Å². The third-order valence-electron chi connectivity index (χ3n) is 8.99. The molecule has 2 aromatic rings. The van der Waals surface area contributed by atoms with Crippen molar-refractivity contribution in [1.29, 1.82) is 0 Å². The average Bonchev–Trinajstić information content (AvgIpc) is 3.71. The number of benzene rings is 2. The number of aliphatic hydroxyl groups excluding tert-OH is 2. The van der Waals surface area contributed by atoms with Crippen LogP contribution in [-0.4, -0.2) is 104 Å². The summed E-state index contributed by atoms with van der Waals surface area (Å²) in [5.74, 6) is 0.957. The summed E-state index contributed by atoms with van der Waals surface area (Å²) >= 11 is 0. The van der Waals surface area contributed by atoms with Crippen molar-refractivity contribution in [3.05, 3.63) is 41.0 Å². The van der Waals surface area contributed by atoms with Crippen molar-refractivity contribution in [3.63, 3.8) is 0 Å². The van der Waals surface area contributed by atoms with Crippen LogP contribution in [0.25, 0.3) is 0 Å². The summed E-state index contributed by atoms with van der Waals surface area (Å²) in [6.07, 6.45) is -5.63. The summed E-state index contributed by atoms with van der Waals surface area (Å²) in [7, 11) is 0. The Morgan fingerprint density at radius 2 is 1.80 bits per heavy atom. The van der Waals surface area contributed by atoms with Crippen molar-refractivity contribution in [2.75, 3.05) is 46.4 Å². The first-order chi connectivity index (χ1) is 24.7. The minimum absolute atomic E-state index is 0.0226. The number of nitrogens with two attached hydrogens (primary N) is 1. The fraction of sp³-hybridized carbons (Fsp3) is 0.600. The highest BCUT2D eigenvalue weighted by Crippen LogP contribution is 2.55. The number of aryl methyl sites for hydroxylation is 1. The van der Waals surface area contributed by atoms with Crippen molar-refractivity contribution < 1.29 is 72.6 Å². The van der Waals surface area contributed by atoms with Gasteiger partial charge in [0.15, 0.2) is 29.6 Å². The molecule has 2 aromatic carbocycles. The van der Waals surface area contributed by atoms with Crippen molar-refractivity contribution in [3.8, 4) is 28.7 Å². The van der Waals surface area contributed by atoms with Gasteiger partial charge in [-0.3, -0.25) is 9.59 Å². The number of fused-ring (bicyclic) bond motifs is 6. The van der Waals surface area contributed by atoms with Crippen LogP contribution in [0.3, 0.4) is 0 Å². The molecule has 51 heavy (non-hydrogen) atoms. The van der Waals surface area contributed by atoms with E-state index in [1.807, 2.05) is 18.2 Å². The molecule has 1 saturated heterocycles. The van der Waals surface area contributed by atoms with Crippen molar-refractivity contribution >= 4 is 11.9 Å². The average molecular weight is 720 g/mol. The lowest BCUT2D eigenvalue weighted by Gasteiger charge is -2.42. The Labute approximate surface area is 294 Å². The van der Waals surface area contributed by atoms with E-state index in [0.717, 1.165) is 28.9 Å². The Morgan fingerprint density at radius 3 is 2.55 bits per heavy atom. The minimum atomic E-state index is -1.45. The van der Waals surface area contributed by atoms with E-state index in [4.69, 9.17) is 58.5 Å². The molecule has 0 amide bonds. The van der Waals surface area contributed by atoms with E-state index in [0.29, 0.717) is 41.9 Å². The van der Waals surface area contributed by atoms with Gasteiger partial charge in [-0.25, -0.2) is 0 Å². The molecule has 280 valence electrons. The lowest BCUT2D eigenvalue weighted by molar-refractivity contribution is -0.375. The molecule has 7 atom stereocenters. The number of ether oxygens (including phenoxy) is 8. The van der Waals surface area contributed by atoms with Crippen LogP contribution in [0.2, 0.25) is 0 Å². The van der Waals surface area contributed by atoms with Gasteiger partial charge < -0.3 is 63.8 Å². The predicted octanol–water partition coefficient (Wildman–Crippen LogP) is 2.14. The zero-order chi connectivity index (χ0) is 36.1. The Bertz CT molecular complexity index is 1540. The summed E-state index contributed by atoms with van der Waals surface area (Å²) in [6, 6.07) is 7.38. The van der Waals surface area contributed by atoms with E-state index in [9.17, 15) is 19.8 Å². The lowest BCUT2D eigenvalue weighted by Crippen LogP contribution is -2.61. The SMILES string of the molecule is CC(C)CCc1cc(OOC2C(OCCN)OC(COC(=O)CC(=O)O)C(OCCCO)C2O)cc2c1OCC1c3cc4c(cc3OC21)OCO4. The summed E-state index contributed by atoms with van der Waals surface area (Å²) in [6.45, 7) is 4.39. The maximum absolute atomic E-state index is 12.0. The molecule has 1 fully saturated rings. The molecule has 7 unspecified atom stereocenters. The van der Waals surface area contributed by atoms with Gasteiger partial charge in [-0.1, -0.05) is 13.8 Å². The largest absolute Gasteiger partial charge is 0.492 e. The minimum Gasteiger partial charge on any atom is -0.492 e. The zero-order valence-corrected chi connectivity index (χ0v) is 28.5. The summed E-state index contributed by atoms with van der Waals surface area (Å²) in [4.78, 5) is 34.8. The number of rotatable bonds is 17. The Hall–Kier alpha value is -3.90. The van der Waals surface area contributed by atoms with E-state index >= 15 is 0 Å². The van der Waals surface area contributed by atoms with Crippen molar-refractivity contribution in [1.82, 2.24) is 0 Å². The van der Waals surface area contributed by atoms with Gasteiger partial charge in [0.05, 0.1) is 19.1 Å². The molecule has 4 heterocycles. The van der Waals surface area contributed by atoms with Gasteiger partial charge in [-0.05, 0) is 48.9 Å². The van der Waals surface area contributed by atoms with E-state index in [2.05, 4.69) is 13.8 Å². The summed E-state index contributed by atoms with van der Waals surface area (Å²) < 4.78 is 46.8. The molecule has 5 N–H and O–H groups in total. The fourth-order valence-corrected chi connectivity index (χ4v) is 6.49. The van der Waals surface area contributed by atoms with Gasteiger partial charge in [-0.15, -0.1) is 0 Å². The van der Waals surface area contributed by atoms with Crippen molar-refractivity contribution in [2.24, 2.45) is 11.7 Å². The van der Waals surface area contributed by atoms with E-state index in [1.54, 1.807) is 6.07 Å². The first-order valence-corrected chi connectivity index (χ1v) is 17.1. The molecular formula is C35H45NO15. The number of aliphatic hydroxyl groups is 2. The Morgan fingerprint density at radius 1 is 1.00 bits per heavy atom. The van der Waals surface area contributed by atoms with Crippen LogP contribution < -0.4 is 29.6 Å². The van der Waals surface area contributed by atoms with Crippen LogP contribution in [0, 0.1) is 5.92 Å². The molecule has 0 radical (unpaired) electrons. The Balaban J connectivity index is 1.24. The van der Waals surface area contributed by atoms with Gasteiger partial charge in [0, 0.05) is 37.0 Å². The van der Waals surface area contributed by atoms with Crippen LogP contribution in [0.1, 0.15) is 61.8 Å². The quantitative estimate of drug-likeness (QED) is 0.0606. The fourth-order valence-electron chi connectivity index (χ4n) is 6.49. The second-order valence-electron chi connectivity index (χ2n) is 13.1.